The average Bonchev–Trinajstić information content (AvgIpc) is 2.80. The molecule has 0 radical (unpaired) electrons. The third-order valence-electron chi connectivity index (χ3n) is 4.22. The molecule has 0 amide bonds. The molecule has 1 aliphatic heterocycles. The maximum atomic E-state index is 10.7. The first-order valence-corrected chi connectivity index (χ1v) is 5.90. The summed E-state index contributed by atoms with van der Waals surface area (Å²) in [6, 6.07) is 2.30. The van der Waals surface area contributed by atoms with Gasteiger partial charge in [0.1, 0.15) is 5.41 Å². The Labute approximate surface area is 96.2 Å². The van der Waals surface area contributed by atoms with Gasteiger partial charge in [0.2, 0.25) is 0 Å². The maximum absolute atomic E-state index is 10.7. The van der Waals surface area contributed by atoms with Crippen LogP contribution in [0.5, 0.6) is 0 Å². The van der Waals surface area contributed by atoms with Crippen molar-refractivity contribution in [2.24, 2.45) is 5.41 Å². The summed E-state index contributed by atoms with van der Waals surface area (Å²) in [6.45, 7) is 0.960. The first-order valence-electron chi connectivity index (χ1n) is 5.90. The van der Waals surface area contributed by atoms with Crippen LogP contribution in [0.4, 0.5) is 0 Å². The number of nitriles is 1. The van der Waals surface area contributed by atoms with Crippen LogP contribution >= 0.6 is 0 Å². The van der Waals surface area contributed by atoms with Crippen molar-refractivity contribution >= 4 is 0 Å². The molecule has 1 saturated heterocycles. The van der Waals surface area contributed by atoms with E-state index in [4.69, 9.17) is 9.47 Å². The largest absolute Gasteiger partial charge is 0.388 e. The van der Waals surface area contributed by atoms with Gasteiger partial charge < -0.3 is 14.6 Å². The molecule has 90 valence electrons. The van der Waals surface area contributed by atoms with Gasteiger partial charge in [-0.15, -0.1) is 0 Å². The quantitative estimate of drug-likeness (QED) is 0.768. The van der Waals surface area contributed by atoms with Crippen molar-refractivity contribution in [2.75, 3.05) is 20.3 Å². The molecule has 0 aromatic rings. The second-order valence-electron chi connectivity index (χ2n) is 4.96. The summed E-state index contributed by atoms with van der Waals surface area (Å²) >= 11 is 0. The van der Waals surface area contributed by atoms with Crippen molar-refractivity contribution in [3.05, 3.63) is 0 Å². The van der Waals surface area contributed by atoms with Crippen molar-refractivity contribution in [3.63, 3.8) is 0 Å². The van der Waals surface area contributed by atoms with Gasteiger partial charge in [-0.3, -0.25) is 0 Å². The third-order valence-corrected chi connectivity index (χ3v) is 4.22. The molecule has 1 atom stereocenters. The minimum absolute atomic E-state index is 0.235. The van der Waals surface area contributed by atoms with Gasteiger partial charge in [-0.2, -0.15) is 5.26 Å². The lowest BCUT2D eigenvalue weighted by Gasteiger charge is -2.43. The van der Waals surface area contributed by atoms with Gasteiger partial charge in [0.05, 0.1) is 24.4 Å². The molecule has 1 saturated carbocycles. The van der Waals surface area contributed by atoms with Crippen LogP contribution in [0.1, 0.15) is 32.1 Å². The molecule has 1 unspecified atom stereocenters. The minimum Gasteiger partial charge on any atom is -0.388 e. The molecule has 0 bridgehead atoms. The Bertz CT molecular complexity index is 283. The van der Waals surface area contributed by atoms with E-state index in [1.54, 1.807) is 7.11 Å². The summed E-state index contributed by atoms with van der Waals surface area (Å²) in [5, 5.41) is 20.0. The van der Waals surface area contributed by atoms with E-state index in [9.17, 15) is 10.4 Å². The summed E-state index contributed by atoms with van der Waals surface area (Å²) in [4.78, 5) is 0. The van der Waals surface area contributed by atoms with Gasteiger partial charge in [-0.25, -0.2) is 0 Å². The summed E-state index contributed by atoms with van der Waals surface area (Å²) in [5.41, 5.74) is -1.57. The fraction of sp³-hybridized carbons (Fsp3) is 0.917. The number of ether oxygens (including phenoxy) is 2. The Kier molecular flexibility index (Phi) is 3.20. The van der Waals surface area contributed by atoms with Crippen molar-refractivity contribution < 1.29 is 14.6 Å². The summed E-state index contributed by atoms with van der Waals surface area (Å²) in [5.74, 6) is 0. The van der Waals surface area contributed by atoms with E-state index in [-0.39, 0.29) is 6.10 Å². The first kappa shape index (κ1) is 11.8. The zero-order chi connectivity index (χ0) is 11.6. The predicted octanol–water partition coefficient (Wildman–Crippen LogP) is 1.24. The van der Waals surface area contributed by atoms with Gasteiger partial charge in [-0.1, -0.05) is 0 Å². The smallest absolute Gasteiger partial charge is 0.111 e. The van der Waals surface area contributed by atoms with Crippen LogP contribution < -0.4 is 0 Å². The molecule has 2 aliphatic rings. The lowest BCUT2D eigenvalue weighted by molar-refractivity contribution is -0.107. The highest BCUT2D eigenvalue weighted by molar-refractivity contribution is 5.14. The second kappa shape index (κ2) is 4.33. The molecule has 0 aromatic heterocycles. The van der Waals surface area contributed by atoms with Crippen molar-refractivity contribution in [1.82, 2.24) is 0 Å². The Morgan fingerprint density at radius 3 is 2.50 bits per heavy atom. The fourth-order valence-electron chi connectivity index (χ4n) is 2.91. The van der Waals surface area contributed by atoms with E-state index in [0.29, 0.717) is 32.5 Å². The zero-order valence-corrected chi connectivity index (χ0v) is 9.74. The van der Waals surface area contributed by atoms with E-state index in [1.807, 2.05) is 0 Å². The summed E-state index contributed by atoms with van der Waals surface area (Å²) in [6.07, 6.45) is 3.83. The van der Waals surface area contributed by atoms with Crippen LogP contribution in [0.2, 0.25) is 0 Å². The van der Waals surface area contributed by atoms with E-state index < -0.39 is 11.0 Å². The first-order chi connectivity index (χ1) is 7.66. The van der Waals surface area contributed by atoms with Gasteiger partial charge >= 0.3 is 0 Å². The lowest BCUT2D eigenvalue weighted by atomic mass is 9.65. The Morgan fingerprint density at radius 2 is 2.06 bits per heavy atom. The number of hydrogen-bond acceptors (Lipinski definition) is 4. The van der Waals surface area contributed by atoms with Crippen molar-refractivity contribution in [2.45, 2.75) is 43.8 Å². The van der Waals surface area contributed by atoms with Gasteiger partial charge in [0.25, 0.3) is 0 Å². The van der Waals surface area contributed by atoms with Crippen LogP contribution in [-0.4, -0.2) is 37.1 Å². The Hall–Kier alpha value is -0.630. The molecule has 1 N–H and O–H groups in total. The molecular weight excluding hydrogens is 206 g/mol. The zero-order valence-electron chi connectivity index (χ0n) is 9.74. The normalized spacial score (nSPS) is 44.2. The number of methoxy groups -OCH3 is 1. The standard InChI is InChI=1S/C12H19NO3/c1-15-10-2-4-12(14,5-3-10)11(8-13)6-7-16-9-11/h10,14H,2-7,9H2,1H3. The van der Waals surface area contributed by atoms with E-state index in [1.165, 1.54) is 0 Å². The minimum atomic E-state index is -0.882. The van der Waals surface area contributed by atoms with Gasteiger partial charge in [0.15, 0.2) is 0 Å². The molecule has 1 heterocycles. The molecule has 4 heteroatoms. The SMILES string of the molecule is COC1CCC(O)(C2(C#N)CCOC2)CC1. The average molecular weight is 225 g/mol. The molecule has 0 spiro atoms. The van der Waals surface area contributed by atoms with E-state index >= 15 is 0 Å². The van der Waals surface area contributed by atoms with Crippen LogP contribution in [0.15, 0.2) is 0 Å². The van der Waals surface area contributed by atoms with Gasteiger partial charge in [0, 0.05) is 13.7 Å². The molecule has 1 aliphatic carbocycles. The Morgan fingerprint density at radius 1 is 1.38 bits per heavy atom. The van der Waals surface area contributed by atoms with Crippen molar-refractivity contribution in [1.29, 1.82) is 5.26 Å². The van der Waals surface area contributed by atoms with E-state index in [2.05, 4.69) is 6.07 Å². The van der Waals surface area contributed by atoms with Crippen LogP contribution in [-0.2, 0) is 9.47 Å². The summed E-state index contributed by atoms with van der Waals surface area (Å²) in [7, 11) is 1.70. The molecular formula is C12H19NO3. The van der Waals surface area contributed by atoms with Crippen molar-refractivity contribution in [3.8, 4) is 6.07 Å². The molecule has 4 nitrogen and oxygen atoms in total. The molecule has 2 fully saturated rings. The molecule has 0 aromatic carbocycles. The third kappa shape index (κ3) is 1.73. The highest BCUT2D eigenvalue weighted by atomic mass is 16.5. The predicted molar refractivity (Wildman–Crippen MR) is 57.7 cm³/mol. The number of aliphatic hydroxyl groups is 1. The van der Waals surface area contributed by atoms with Gasteiger partial charge in [-0.05, 0) is 32.1 Å². The number of hydrogen-bond donors (Lipinski definition) is 1. The molecule has 2 rings (SSSR count). The molecule has 16 heavy (non-hydrogen) atoms. The Balaban J connectivity index is 2.11. The highest BCUT2D eigenvalue weighted by Crippen LogP contribution is 2.47. The van der Waals surface area contributed by atoms with Crippen LogP contribution in [0.25, 0.3) is 0 Å². The summed E-state index contributed by atoms with van der Waals surface area (Å²) < 4.78 is 10.6. The monoisotopic (exact) mass is 225 g/mol. The van der Waals surface area contributed by atoms with Crippen LogP contribution in [0, 0.1) is 16.7 Å². The number of rotatable bonds is 2. The lowest BCUT2D eigenvalue weighted by Crippen LogP contribution is -2.51. The maximum Gasteiger partial charge on any atom is 0.111 e. The fourth-order valence-corrected chi connectivity index (χ4v) is 2.91. The van der Waals surface area contributed by atoms with Crippen LogP contribution in [0.3, 0.4) is 0 Å². The second-order valence-corrected chi connectivity index (χ2v) is 4.96. The van der Waals surface area contributed by atoms with E-state index in [0.717, 1.165) is 12.8 Å². The topological polar surface area (TPSA) is 62.5 Å². The number of nitrogens with zero attached hydrogens (tertiary/aromatic N) is 1. The highest BCUT2D eigenvalue weighted by Gasteiger charge is 2.54.